The Labute approximate surface area is 114 Å². The Balaban J connectivity index is 1.60. The molecule has 0 amide bonds. The zero-order chi connectivity index (χ0) is 13.5. The maximum atomic E-state index is 5.49. The highest BCUT2D eigenvalue weighted by atomic mass is 16.5. The summed E-state index contributed by atoms with van der Waals surface area (Å²) in [6.45, 7) is 6.43. The van der Waals surface area contributed by atoms with E-state index in [1.165, 1.54) is 12.8 Å². The van der Waals surface area contributed by atoms with Gasteiger partial charge in [0.2, 0.25) is 0 Å². The molecule has 1 fully saturated rings. The lowest BCUT2D eigenvalue weighted by Crippen LogP contribution is -2.60. The molecular formula is C14H24N4O. The molecule has 19 heavy (non-hydrogen) atoms. The van der Waals surface area contributed by atoms with E-state index in [-0.39, 0.29) is 5.41 Å². The highest BCUT2D eigenvalue weighted by Gasteiger charge is 2.48. The largest absolute Gasteiger partial charge is 0.381 e. The maximum Gasteiger partial charge on any atom is 0.147 e. The monoisotopic (exact) mass is 264 g/mol. The molecular weight excluding hydrogens is 240 g/mol. The molecule has 1 N–H and O–H groups in total. The third-order valence-electron chi connectivity index (χ3n) is 4.90. The summed E-state index contributed by atoms with van der Waals surface area (Å²) in [5.41, 5.74) is 0.208. The fraction of sp³-hybridized carbons (Fsp3) is 0.857. The summed E-state index contributed by atoms with van der Waals surface area (Å²) in [4.78, 5) is 0. The lowest BCUT2D eigenvalue weighted by molar-refractivity contribution is -0.0981. The van der Waals surface area contributed by atoms with Gasteiger partial charge >= 0.3 is 0 Å². The Morgan fingerprint density at radius 1 is 1.37 bits per heavy atom. The van der Waals surface area contributed by atoms with Gasteiger partial charge in [0.05, 0.1) is 12.6 Å². The number of rotatable bonds is 4. The van der Waals surface area contributed by atoms with Crippen LogP contribution in [-0.2, 0) is 24.2 Å². The quantitative estimate of drug-likeness (QED) is 0.896. The number of methoxy groups -OCH3 is 1. The third kappa shape index (κ3) is 2.19. The molecule has 0 bridgehead atoms. The van der Waals surface area contributed by atoms with Crippen LogP contribution in [0.1, 0.15) is 44.8 Å². The van der Waals surface area contributed by atoms with Gasteiger partial charge in [-0.2, -0.15) is 0 Å². The molecule has 0 spiro atoms. The molecule has 1 aliphatic carbocycles. The van der Waals surface area contributed by atoms with Gasteiger partial charge in [-0.3, -0.25) is 0 Å². The van der Waals surface area contributed by atoms with E-state index in [4.69, 9.17) is 4.74 Å². The molecule has 5 nitrogen and oxygen atoms in total. The van der Waals surface area contributed by atoms with Gasteiger partial charge in [0.15, 0.2) is 0 Å². The first-order valence-electron chi connectivity index (χ1n) is 7.30. The summed E-state index contributed by atoms with van der Waals surface area (Å²) in [7, 11) is 1.80. The second-order valence-electron chi connectivity index (χ2n) is 6.36. The van der Waals surface area contributed by atoms with Crippen LogP contribution in [0.2, 0.25) is 0 Å². The maximum absolute atomic E-state index is 5.49. The SMILES string of the molecule is COC1CC(NCc2nnc3n2CCCC3)C1(C)C. The lowest BCUT2D eigenvalue weighted by Gasteiger charge is -2.51. The Hall–Kier alpha value is -0.940. The van der Waals surface area contributed by atoms with Crippen molar-refractivity contribution >= 4 is 0 Å². The van der Waals surface area contributed by atoms with Crippen molar-refractivity contribution in [1.82, 2.24) is 20.1 Å². The number of nitrogens with one attached hydrogen (secondary N) is 1. The van der Waals surface area contributed by atoms with Crippen molar-refractivity contribution in [2.45, 2.75) is 64.8 Å². The third-order valence-corrected chi connectivity index (χ3v) is 4.90. The van der Waals surface area contributed by atoms with E-state index < -0.39 is 0 Å². The number of aryl methyl sites for hydroxylation is 1. The van der Waals surface area contributed by atoms with Gasteiger partial charge in [0.1, 0.15) is 11.6 Å². The molecule has 1 aliphatic heterocycles. The van der Waals surface area contributed by atoms with Gasteiger partial charge in [0, 0.05) is 31.5 Å². The van der Waals surface area contributed by atoms with Crippen molar-refractivity contribution in [2.24, 2.45) is 5.41 Å². The highest BCUT2D eigenvalue weighted by molar-refractivity contribution is 5.04. The number of fused-ring (bicyclic) bond motifs is 1. The van der Waals surface area contributed by atoms with E-state index in [9.17, 15) is 0 Å². The number of nitrogens with zero attached hydrogens (tertiary/aromatic N) is 3. The molecule has 0 aromatic carbocycles. The minimum atomic E-state index is 0.208. The van der Waals surface area contributed by atoms with Crippen molar-refractivity contribution in [2.75, 3.05) is 7.11 Å². The number of ether oxygens (including phenoxy) is 1. The molecule has 5 heteroatoms. The summed E-state index contributed by atoms with van der Waals surface area (Å²) in [6, 6.07) is 0.508. The van der Waals surface area contributed by atoms with Crippen LogP contribution in [-0.4, -0.2) is 34.0 Å². The van der Waals surface area contributed by atoms with Gasteiger partial charge in [0.25, 0.3) is 0 Å². The van der Waals surface area contributed by atoms with E-state index in [2.05, 4.69) is 33.9 Å². The van der Waals surface area contributed by atoms with Gasteiger partial charge in [-0.25, -0.2) is 0 Å². The van der Waals surface area contributed by atoms with Crippen LogP contribution in [0.25, 0.3) is 0 Å². The fourth-order valence-corrected chi connectivity index (χ4v) is 3.35. The minimum absolute atomic E-state index is 0.208. The Morgan fingerprint density at radius 2 is 2.21 bits per heavy atom. The minimum Gasteiger partial charge on any atom is -0.381 e. The first-order valence-corrected chi connectivity index (χ1v) is 7.30. The van der Waals surface area contributed by atoms with Gasteiger partial charge < -0.3 is 14.6 Å². The van der Waals surface area contributed by atoms with Crippen molar-refractivity contribution in [3.63, 3.8) is 0 Å². The highest BCUT2D eigenvalue weighted by Crippen LogP contribution is 2.42. The molecule has 2 heterocycles. The van der Waals surface area contributed by atoms with E-state index in [0.717, 1.165) is 37.6 Å². The molecule has 106 valence electrons. The predicted molar refractivity (Wildman–Crippen MR) is 72.8 cm³/mol. The van der Waals surface area contributed by atoms with Crippen LogP contribution in [0, 0.1) is 5.41 Å². The fourth-order valence-electron chi connectivity index (χ4n) is 3.35. The van der Waals surface area contributed by atoms with Gasteiger partial charge in [-0.05, 0) is 19.3 Å². The Kier molecular flexibility index (Phi) is 3.35. The van der Waals surface area contributed by atoms with E-state index >= 15 is 0 Å². The molecule has 1 saturated carbocycles. The van der Waals surface area contributed by atoms with Crippen LogP contribution in [0.3, 0.4) is 0 Å². The zero-order valence-corrected chi connectivity index (χ0v) is 12.1. The predicted octanol–water partition coefficient (Wildman–Crippen LogP) is 1.52. The topological polar surface area (TPSA) is 52.0 Å². The summed E-state index contributed by atoms with van der Waals surface area (Å²) in [5, 5.41) is 12.3. The van der Waals surface area contributed by atoms with Crippen molar-refractivity contribution in [3.05, 3.63) is 11.6 Å². The average Bonchev–Trinajstić information content (AvgIpc) is 2.81. The number of hydrogen-bond acceptors (Lipinski definition) is 4. The van der Waals surface area contributed by atoms with E-state index in [1.807, 2.05) is 0 Å². The van der Waals surface area contributed by atoms with Crippen molar-refractivity contribution < 1.29 is 4.74 Å². The second kappa shape index (κ2) is 4.87. The van der Waals surface area contributed by atoms with Gasteiger partial charge in [-0.1, -0.05) is 13.8 Å². The van der Waals surface area contributed by atoms with E-state index in [1.54, 1.807) is 7.11 Å². The van der Waals surface area contributed by atoms with Crippen LogP contribution < -0.4 is 5.32 Å². The molecule has 2 unspecified atom stereocenters. The molecule has 3 rings (SSSR count). The second-order valence-corrected chi connectivity index (χ2v) is 6.36. The standard InChI is InChI=1S/C14H24N4O/c1-14(2)10(8-11(14)19-3)15-9-13-17-16-12-6-4-5-7-18(12)13/h10-11,15H,4-9H2,1-3H3. The van der Waals surface area contributed by atoms with Crippen LogP contribution in [0.4, 0.5) is 0 Å². The summed E-state index contributed by atoms with van der Waals surface area (Å²) >= 11 is 0. The molecule has 2 aliphatic rings. The summed E-state index contributed by atoms with van der Waals surface area (Å²) in [6.07, 6.45) is 5.03. The van der Waals surface area contributed by atoms with Crippen LogP contribution >= 0.6 is 0 Å². The zero-order valence-electron chi connectivity index (χ0n) is 12.1. The summed E-state index contributed by atoms with van der Waals surface area (Å²) < 4.78 is 7.77. The molecule has 0 saturated heterocycles. The molecule has 0 radical (unpaired) electrons. The lowest BCUT2D eigenvalue weighted by atomic mass is 9.64. The van der Waals surface area contributed by atoms with Crippen LogP contribution in [0.5, 0.6) is 0 Å². The van der Waals surface area contributed by atoms with Crippen LogP contribution in [0.15, 0.2) is 0 Å². The molecule has 1 aromatic rings. The number of aromatic nitrogens is 3. The normalized spacial score (nSPS) is 28.8. The van der Waals surface area contributed by atoms with Crippen molar-refractivity contribution in [3.8, 4) is 0 Å². The Morgan fingerprint density at radius 3 is 2.95 bits per heavy atom. The number of hydrogen-bond donors (Lipinski definition) is 1. The molecule has 1 aromatic heterocycles. The average molecular weight is 264 g/mol. The van der Waals surface area contributed by atoms with Gasteiger partial charge in [-0.15, -0.1) is 10.2 Å². The Bertz CT molecular complexity index is 454. The summed E-state index contributed by atoms with van der Waals surface area (Å²) in [5.74, 6) is 2.25. The smallest absolute Gasteiger partial charge is 0.147 e. The first kappa shape index (κ1) is 13.1. The van der Waals surface area contributed by atoms with Crippen molar-refractivity contribution in [1.29, 1.82) is 0 Å². The first-order chi connectivity index (χ1) is 9.13. The molecule has 2 atom stereocenters. The van der Waals surface area contributed by atoms with E-state index in [0.29, 0.717) is 12.1 Å².